The van der Waals surface area contributed by atoms with Crippen LogP contribution in [0.2, 0.25) is 0 Å². The van der Waals surface area contributed by atoms with E-state index in [1.54, 1.807) is 0 Å². The van der Waals surface area contributed by atoms with Crippen LogP contribution in [0.25, 0.3) is 0 Å². The second kappa shape index (κ2) is 17.7. The minimum Gasteiger partial charge on any atom is -0.372 e. The SMILES string of the molecule is C=C(NCCCCCC1CC(C)C(C)C(CC)C1)N(C)CCCCCCCC(C)C(C)(C)CCC. The second-order valence-corrected chi connectivity index (χ2v) is 13.2. The molecule has 0 saturated heterocycles. The number of nitrogens with zero attached hydrogens (tertiary/aromatic N) is 1. The lowest BCUT2D eigenvalue weighted by Gasteiger charge is -2.38. The van der Waals surface area contributed by atoms with Gasteiger partial charge in [0.2, 0.25) is 0 Å². The minimum absolute atomic E-state index is 0.510. The summed E-state index contributed by atoms with van der Waals surface area (Å²) in [6.45, 7) is 23.5. The van der Waals surface area contributed by atoms with Crippen molar-refractivity contribution in [1.82, 2.24) is 10.2 Å². The summed E-state index contributed by atoms with van der Waals surface area (Å²) in [6.07, 6.45) is 20.7. The largest absolute Gasteiger partial charge is 0.372 e. The standard InChI is InChI=1S/C33H66N2/c1-10-22-33(7,8)28(4)20-16-13-12-14-19-24-35(9)30(6)34-23-18-15-17-21-31-25-27(3)29(5)32(11-2)26-31/h27-29,31-32,34H,6,10-26H2,1-5,7-9H3. The topological polar surface area (TPSA) is 15.3 Å². The molecule has 0 heterocycles. The van der Waals surface area contributed by atoms with Gasteiger partial charge in [-0.2, -0.15) is 0 Å². The van der Waals surface area contributed by atoms with Gasteiger partial charge in [0.1, 0.15) is 0 Å². The van der Waals surface area contributed by atoms with Crippen molar-refractivity contribution in [1.29, 1.82) is 0 Å². The molecular formula is C33H66N2. The Bertz CT molecular complexity index is 539. The molecule has 2 heteroatoms. The van der Waals surface area contributed by atoms with Crippen LogP contribution >= 0.6 is 0 Å². The van der Waals surface area contributed by atoms with Crippen LogP contribution in [0.4, 0.5) is 0 Å². The molecule has 0 aliphatic heterocycles. The molecule has 0 aromatic carbocycles. The zero-order valence-electron chi connectivity index (χ0n) is 25.6. The minimum atomic E-state index is 0.510. The lowest BCUT2D eigenvalue weighted by atomic mass is 9.67. The summed E-state index contributed by atoms with van der Waals surface area (Å²) in [5, 5.41) is 3.58. The fourth-order valence-corrected chi connectivity index (χ4v) is 6.57. The van der Waals surface area contributed by atoms with Gasteiger partial charge in [0.15, 0.2) is 0 Å². The van der Waals surface area contributed by atoms with Gasteiger partial charge < -0.3 is 10.2 Å². The van der Waals surface area contributed by atoms with Crippen LogP contribution in [0.1, 0.15) is 145 Å². The average Bonchev–Trinajstić information content (AvgIpc) is 2.82. The number of hydrogen-bond donors (Lipinski definition) is 1. The third-order valence-electron chi connectivity index (χ3n) is 9.94. The lowest BCUT2D eigenvalue weighted by molar-refractivity contribution is 0.119. The molecule has 5 unspecified atom stereocenters. The highest BCUT2D eigenvalue weighted by molar-refractivity contribution is 4.89. The molecular weight excluding hydrogens is 424 g/mol. The molecule has 0 spiro atoms. The van der Waals surface area contributed by atoms with E-state index in [2.05, 4.69) is 72.3 Å². The summed E-state index contributed by atoms with van der Waals surface area (Å²) in [5.74, 6) is 5.76. The Balaban J connectivity index is 2.01. The lowest BCUT2D eigenvalue weighted by Crippen LogP contribution is -2.29. The van der Waals surface area contributed by atoms with Gasteiger partial charge in [-0.3, -0.25) is 0 Å². The summed E-state index contributed by atoms with van der Waals surface area (Å²) in [6, 6.07) is 0. The van der Waals surface area contributed by atoms with E-state index in [1.807, 2.05) is 0 Å². The highest BCUT2D eigenvalue weighted by atomic mass is 15.2. The Kier molecular flexibility index (Phi) is 16.4. The Morgan fingerprint density at radius 3 is 2.31 bits per heavy atom. The summed E-state index contributed by atoms with van der Waals surface area (Å²) >= 11 is 0. The molecule has 0 aromatic rings. The Hall–Kier alpha value is -0.660. The van der Waals surface area contributed by atoms with Gasteiger partial charge in [0, 0.05) is 20.1 Å². The highest BCUT2D eigenvalue weighted by Crippen LogP contribution is 2.41. The molecule has 0 radical (unpaired) electrons. The number of hydrogen-bond acceptors (Lipinski definition) is 2. The first-order chi connectivity index (χ1) is 16.6. The molecule has 0 bridgehead atoms. The van der Waals surface area contributed by atoms with E-state index in [0.717, 1.165) is 48.5 Å². The van der Waals surface area contributed by atoms with Gasteiger partial charge in [-0.1, -0.05) is 119 Å². The monoisotopic (exact) mass is 491 g/mol. The van der Waals surface area contributed by atoms with Gasteiger partial charge in [0.05, 0.1) is 5.82 Å². The quantitative estimate of drug-likeness (QED) is 0.171. The molecule has 2 nitrogen and oxygen atoms in total. The predicted octanol–water partition coefficient (Wildman–Crippen LogP) is 10.1. The summed E-state index contributed by atoms with van der Waals surface area (Å²) < 4.78 is 0. The maximum atomic E-state index is 4.28. The van der Waals surface area contributed by atoms with E-state index in [4.69, 9.17) is 0 Å². The summed E-state index contributed by atoms with van der Waals surface area (Å²) in [5.41, 5.74) is 0.510. The highest BCUT2D eigenvalue weighted by Gasteiger charge is 2.31. The molecule has 1 aliphatic carbocycles. The van der Waals surface area contributed by atoms with Crippen LogP contribution in [0.5, 0.6) is 0 Å². The first-order valence-electron chi connectivity index (χ1n) is 15.8. The van der Waals surface area contributed by atoms with Gasteiger partial charge >= 0.3 is 0 Å². The zero-order chi connectivity index (χ0) is 26.3. The normalized spacial score (nSPS) is 23.8. The molecule has 1 saturated carbocycles. The van der Waals surface area contributed by atoms with E-state index in [9.17, 15) is 0 Å². The number of nitrogens with one attached hydrogen (secondary N) is 1. The molecule has 1 aliphatic rings. The zero-order valence-corrected chi connectivity index (χ0v) is 25.6. The van der Waals surface area contributed by atoms with E-state index in [0.29, 0.717) is 5.41 Å². The van der Waals surface area contributed by atoms with Crippen LogP contribution in [-0.2, 0) is 0 Å². The molecule has 1 N–H and O–H groups in total. The molecule has 1 fully saturated rings. The van der Waals surface area contributed by atoms with Crippen LogP contribution in [0, 0.1) is 35.0 Å². The maximum absolute atomic E-state index is 4.28. The summed E-state index contributed by atoms with van der Waals surface area (Å²) in [4.78, 5) is 2.32. The van der Waals surface area contributed by atoms with Gasteiger partial charge in [0.25, 0.3) is 0 Å². The van der Waals surface area contributed by atoms with Crippen LogP contribution < -0.4 is 5.32 Å². The van der Waals surface area contributed by atoms with Gasteiger partial charge in [-0.05, 0) is 67.1 Å². The average molecular weight is 491 g/mol. The van der Waals surface area contributed by atoms with Crippen LogP contribution in [0.15, 0.2) is 12.4 Å². The van der Waals surface area contributed by atoms with Crippen molar-refractivity contribution >= 4 is 0 Å². The Morgan fingerprint density at radius 1 is 0.971 bits per heavy atom. The second-order valence-electron chi connectivity index (χ2n) is 13.2. The maximum Gasteiger partial charge on any atom is 0.0936 e. The first kappa shape index (κ1) is 32.4. The van der Waals surface area contributed by atoms with E-state index in [-0.39, 0.29) is 0 Å². The van der Waals surface area contributed by atoms with E-state index in [1.165, 1.54) is 96.3 Å². The summed E-state index contributed by atoms with van der Waals surface area (Å²) in [7, 11) is 2.20. The smallest absolute Gasteiger partial charge is 0.0936 e. The van der Waals surface area contributed by atoms with Crippen molar-refractivity contribution in [2.45, 2.75) is 145 Å². The van der Waals surface area contributed by atoms with Crippen molar-refractivity contribution in [3.8, 4) is 0 Å². The molecule has 1 rings (SSSR count). The fraction of sp³-hybridized carbons (Fsp3) is 0.939. The van der Waals surface area contributed by atoms with Gasteiger partial charge in [-0.25, -0.2) is 0 Å². The van der Waals surface area contributed by atoms with Gasteiger partial charge in [-0.15, -0.1) is 0 Å². The molecule has 35 heavy (non-hydrogen) atoms. The molecule has 5 atom stereocenters. The van der Waals surface area contributed by atoms with E-state index >= 15 is 0 Å². The van der Waals surface area contributed by atoms with Crippen LogP contribution in [0.3, 0.4) is 0 Å². The third-order valence-corrected chi connectivity index (χ3v) is 9.94. The Morgan fingerprint density at radius 2 is 1.63 bits per heavy atom. The molecule has 0 aromatic heterocycles. The first-order valence-corrected chi connectivity index (χ1v) is 15.8. The number of unbranched alkanes of at least 4 members (excludes halogenated alkanes) is 6. The van der Waals surface area contributed by atoms with Crippen molar-refractivity contribution in [2.24, 2.45) is 35.0 Å². The van der Waals surface area contributed by atoms with Crippen molar-refractivity contribution in [2.75, 3.05) is 20.1 Å². The van der Waals surface area contributed by atoms with Crippen molar-refractivity contribution in [3.63, 3.8) is 0 Å². The Labute approximate surface area is 222 Å². The predicted molar refractivity (Wildman–Crippen MR) is 159 cm³/mol. The molecule has 208 valence electrons. The number of rotatable bonds is 20. The fourth-order valence-electron chi connectivity index (χ4n) is 6.57. The third kappa shape index (κ3) is 12.9. The van der Waals surface area contributed by atoms with Crippen molar-refractivity contribution in [3.05, 3.63) is 12.4 Å². The van der Waals surface area contributed by atoms with E-state index < -0.39 is 0 Å². The molecule has 0 amide bonds. The van der Waals surface area contributed by atoms with Crippen LogP contribution in [-0.4, -0.2) is 25.0 Å². The van der Waals surface area contributed by atoms with Crippen molar-refractivity contribution < 1.29 is 0 Å².